The van der Waals surface area contributed by atoms with E-state index in [9.17, 15) is 39.6 Å². The first kappa shape index (κ1) is 49.1. The molecular weight excluding hydrogens is 789 g/mol. The number of amides is 4. The first-order valence-electron chi connectivity index (χ1n) is 20.3. The minimum Gasteiger partial charge on any atom is -0.387 e. The van der Waals surface area contributed by atoms with Crippen LogP contribution in [0.2, 0.25) is 0 Å². The Morgan fingerprint density at radius 2 is 1.23 bits per heavy atom. The zero-order valence-corrected chi connectivity index (χ0v) is 36.7. The Kier molecular flexibility index (Phi) is 16.6. The van der Waals surface area contributed by atoms with Crippen LogP contribution in [0.15, 0.2) is 85.0 Å². The van der Waals surface area contributed by atoms with Crippen LogP contribution in [-0.4, -0.2) is 138 Å². The summed E-state index contributed by atoms with van der Waals surface area (Å²) in [6.45, 7) is 16.0. The molecule has 0 bridgehead atoms. The number of aliphatic hydroxyl groups excluding tert-OH is 4. The third-order valence-corrected chi connectivity index (χ3v) is 10.1. The number of β-lactam (4-membered cyclic amide) rings is 2. The second-order valence-electron chi connectivity index (χ2n) is 18.0. The van der Waals surface area contributed by atoms with Crippen LogP contribution >= 0.6 is 0 Å². The highest BCUT2D eigenvalue weighted by atomic mass is 16.7. The molecule has 4 amide bonds. The van der Waals surface area contributed by atoms with Crippen molar-refractivity contribution in [3.05, 3.63) is 85.0 Å². The van der Waals surface area contributed by atoms with E-state index < -0.39 is 78.5 Å². The number of methoxy groups -OCH3 is 2. The smallest absolute Gasteiger partial charge is 0.252 e. The number of hydrogen-bond donors (Lipinski definition) is 6. The van der Waals surface area contributed by atoms with E-state index in [1.807, 2.05) is 96.1 Å². The highest BCUT2D eigenvalue weighted by molar-refractivity contribution is 6.06. The van der Waals surface area contributed by atoms with Gasteiger partial charge in [0.15, 0.2) is 18.0 Å². The Hall–Kier alpha value is -4.52. The second-order valence-corrected chi connectivity index (χ2v) is 18.0. The molecule has 61 heavy (non-hydrogen) atoms. The van der Waals surface area contributed by atoms with Crippen LogP contribution in [0.4, 0.5) is 11.4 Å². The molecule has 3 saturated heterocycles. The van der Waals surface area contributed by atoms with E-state index in [2.05, 4.69) is 10.6 Å². The van der Waals surface area contributed by atoms with Gasteiger partial charge in [-0.1, -0.05) is 102 Å². The summed E-state index contributed by atoms with van der Waals surface area (Å²) < 4.78 is 22.2. The maximum absolute atomic E-state index is 13.0. The standard InChI is InChI=1S/C24H34N2O6.C21H30N2O6/c1-23(2,3)13-12-17-18(27)19(32-24(4,5)31-17)20(30-6)21(28)25-16-14-26(22(16)29)15-10-8-7-9-11-15;1-21(2,3)11-10-15(24)16(25)17(26)18(29-4)19(27)22-14-12-23(20(14)28)13-8-6-5-7-9-13/h7-13,16-20,27H,14H2,1-6H3,(H,25,28);5-11,14-18,24-26H,12H2,1-4H3,(H,22,27)/b13-12+;11-10+/t16?,17-,18+,19-,20-;14?,15-,16+,17-,18-/m11/s1. The van der Waals surface area contributed by atoms with Crippen molar-refractivity contribution in [3.8, 4) is 0 Å². The molecule has 3 aliphatic heterocycles. The van der Waals surface area contributed by atoms with Gasteiger partial charge in [0.1, 0.15) is 48.7 Å². The zero-order valence-electron chi connectivity index (χ0n) is 36.7. The first-order valence-corrected chi connectivity index (χ1v) is 20.3. The van der Waals surface area contributed by atoms with Crippen molar-refractivity contribution in [2.24, 2.45) is 10.8 Å². The van der Waals surface area contributed by atoms with Gasteiger partial charge in [0.25, 0.3) is 23.6 Å². The molecule has 6 N–H and O–H groups in total. The van der Waals surface area contributed by atoms with Crippen molar-refractivity contribution in [3.63, 3.8) is 0 Å². The lowest BCUT2D eigenvalue weighted by Crippen LogP contribution is -2.67. The summed E-state index contributed by atoms with van der Waals surface area (Å²) in [6.07, 6.45) is -3.23. The molecule has 336 valence electrons. The van der Waals surface area contributed by atoms with Gasteiger partial charge in [-0.25, -0.2) is 0 Å². The third kappa shape index (κ3) is 13.2. The van der Waals surface area contributed by atoms with Crippen molar-refractivity contribution in [1.29, 1.82) is 0 Å². The predicted molar refractivity (Wildman–Crippen MR) is 228 cm³/mol. The lowest BCUT2D eigenvalue weighted by Gasteiger charge is -2.45. The molecule has 16 heteroatoms. The number of carbonyl (C=O) groups is 4. The minimum atomic E-state index is -1.68. The Morgan fingerprint density at radius 1 is 0.754 bits per heavy atom. The van der Waals surface area contributed by atoms with Crippen molar-refractivity contribution < 1.29 is 58.6 Å². The van der Waals surface area contributed by atoms with E-state index in [4.69, 9.17) is 18.9 Å². The fraction of sp³-hybridized carbons (Fsp3) is 0.556. The second kappa shape index (κ2) is 20.6. The van der Waals surface area contributed by atoms with Gasteiger partial charge in [0.2, 0.25) is 0 Å². The van der Waals surface area contributed by atoms with E-state index in [1.165, 1.54) is 25.2 Å². The Bertz CT molecular complexity index is 1840. The zero-order chi connectivity index (χ0) is 45.4. The summed E-state index contributed by atoms with van der Waals surface area (Å²) in [5, 5.41) is 46.8. The number of benzene rings is 2. The summed E-state index contributed by atoms with van der Waals surface area (Å²) >= 11 is 0. The Morgan fingerprint density at radius 3 is 1.66 bits per heavy atom. The maximum atomic E-state index is 13.0. The summed E-state index contributed by atoms with van der Waals surface area (Å²) in [6, 6.07) is 16.9. The molecule has 5 rings (SSSR count). The molecule has 0 aliphatic carbocycles. The molecule has 0 saturated carbocycles. The quantitative estimate of drug-likeness (QED) is 0.119. The molecular formula is C45H64N4O12. The van der Waals surface area contributed by atoms with E-state index in [0.29, 0.717) is 13.1 Å². The fourth-order valence-electron chi connectivity index (χ4n) is 6.72. The van der Waals surface area contributed by atoms with Crippen LogP contribution in [0.5, 0.6) is 0 Å². The third-order valence-electron chi connectivity index (χ3n) is 10.1. The minimum absolute atomic E-state index is 0.103. The topological polar surface area (TPSA) is 217 Å². The van der Waals surface area contributed by atoms with Crippen LogP contribution in [0.3, 0.4) is 0 Å². The normalized spacial score (nSPS) is 25.4. The number of aliphatic hydroxyl groups is 4. The van der Waals surface area contributed by atoms with Crippen LogP contribution < -0.4 is 20.4 Å². The number of para-hydroxylation sites is 2. The number of hydrogen-bond acceptors (Lipinski definition) is 12. The van der Waals surface area contributed by atoms with Crippen molar-refractivity contribution in [1.82, 2.24) is 10.6 Å². The Labute approximate surface area is 358 Å². The van der Waals surface area contributed by atoms with Gasteiger partial charge in [0, 0.05) is 25.6 Å². The molecule has 0 radical (unpaired) electrons. The summed E-state index contributed by atoms with van der Waals surface area (Å²) in [7, 11) is 2.58. The van der Waals surface area contributed by atoms with E-state index >= 15 is 0 Å². The molecule has 16 nitrogen and oxygen atoms in total. The van der Waals surface area contributed by atoms with E-state index in [0.717, 1.165) is 11.4 Å². The average Bonchev–Trinajstić information content (AvgIpc) is 3.20. The average molecular weight is 853 g/mol. The van der Waals surface area contributed by atoms with Crippen LogP contribution in [0, 0.1) is 10.8 Å². The Balaban J connectivity index is 0.000000270. The number of ether oxygens (including phenoxy) is 4. The highest BCUT2D eigenvalue weighted by Gasteiger charge is 2.49. The molecule has 3 aliphatic rings. The molecule has 3 heterocycles. The van der Waals surface area contributed by atoms with Gasteiger partial charge in [-0.2, -0.15) is 0 Å². The number of nitrogens with zero attached hydrogens (tertiary/aromatic N) is 2. The molecule has 3 fully saturated rings. The maximum Gasteiger partial charge on any atom is 0.252 e. The first-order chi connectivity index (χ1) is 28.5. The van der Waals surface area contributed by atoms with Gasteiger partial charge in [-0.05, 0) is 48.9 Å². The van der Waals surface area contributed by atoms with Crippen LogP contribution in [0.25, 0.3) is 0 Å². The monoisotopic (exact) mass is 852 g/mol. The van der Waals surface area contributed by atoms with Gasteiger partial charge < -0.3 is 59.8 Å². The summed E-state index contributed by atoms with van der Waals surface area (Å²) in [4.78, 5) is 53.4. The lowest BCUT2D eigenvalue weighted by atomic mass is 9.93. The number of carbonyl (C=O) groups excluding carboxylic acids is 4. The largest absolute Gasteiger partial charge is 0.387 e. The van der Waals surface area contributed by atoms with Gasteiger partial charge in [-0.3, -0.25) is 19.2 Å². The number of allylic oxidation sites excluding steroid dienone is 2. The van der Waals surface area contributed by atoms with Gasteiger partial charge >= 0.3 is 0 Å². The molecule has 10 atom stereocenters. The number of anilines is 2. The van der Waals surface area contributed by atoms with Crippen molar-refractivity contribution in [2.45, 2.75) is 122 Å². The molecule has 0 spiro atoms. The molecule has 0 aromatic heterocycles. The van der Waals surface area contributed by atoms with Gasteiger partial charge in [0.05, 0.1) is 13.1 Å². The van der Waals surface area contributed by atoms with Crippen molar-refractivity contribution in [2.75, 3.05) is 37.1 Å². The highest BCUT2D eigenvalue weighted by Crippen LogP contribution is 2.32. The van der Waals surface area contributed by atoms with E-state index in [-0.39, 0.29) is 22.6 Å². The van der Waals surface area contributed by atoms with Gasteiger partial charge in [-0.15, -0.1) is 0 Å². The lowest BCUT2D eigenvalue weighted by molar-refractivity contribution is -0.334. The molecule has 2 aromatic rings. The predicted octanol–water partition coefficient (Wildman–Crippen LogP) is 2.23. The van der Waals surface area contributed by atoms with Crippen LogP contribution in [0.1, 0.15) is 55.4 Å². The summed E-state index contributed by atoms with van der Waals surface area (Å²) in [5.41, 5.74) is 1.19. The number of rotatable bonds is 14. The summed E-state index contributed by atoms with van der Waals surface area (Å²) in [5.74, 6) is -2.76. The van der Waals surface area contributed by atoms with Crippen LogP contribution in [-0.2, 0) is 38.1 Å². The SMILES string of the molecule is CO[C@@H](C(=O)NC1CN(c2ccccc2)C1=O)[C@@H]1OC(C)(C)O[C@H](/C=C/C(C)(C)C)[C@@H]1O.CO[C@@H](C(=O)NC1CN(c2ccccc2)C1=O)[C@H](O)[C@@H](O)[C@H](O)/C=C/C(C)(C)C. The van der Waals surface area contributed by atoms with E-state index in [1.54, 1.807) is 43.0 Å². The molecule has 2 aromatic carbocycles. The van der Waals surface area contributed by atoms with Crippen molar-refractivity contribution >= 4 is 35.0 Å². The fourth-order valence-corrected chi connectivity index (χ4v) is 6.72. The number of nitrogens with one attached hydrogen (secondary N) is 2. The molecule has 2 unspecified atom stereocenters.